The van der Waals surface area contributed by atoms with Gasteiger partial charge in [-0.1, -0.05) is 48.5 Å². The van der Waals surface area contributed by atoms with Crippen molar-refractivity contribution in [3.63, 3.8) is 0 Å². The second-order valence-corrected chi connectivity index (χ2v) is 6.35. The molecule has 132 valence electrons. The van der Waals surface area contributed by atoms with E-state index in [0.29, 0.717) is 6.54 Å². The molecule has 0 saturated carbocycles. The monoisotopic (exact) mass is 338 g/mol. The maximum Gasteiger partial charge on any atom is 0.251 e. The second-order valence-electron chi connectivity index (χ2n) is 6.35. The molecule has 2 aromatic rings. The number of benzene rings is 2. The normalized spacial score (nSPS) is 15.0. The highest BCUT2D eigenvalue weighted by Crippen LogP contribution is 2.13. The predicted molar refractivity (Wildman–Crippen MR) is 99.9 cm³/mol. The first-order valence-corrected chi connectivity index (χ1v) is 9.03. The summed E-state index contributed by atoms with van der Waals surface area (Å²) in [6, 6.07) is 18.3. The number of hydrogen-bond acceptors (Lipinski definition) is 3. The Morgan fingerprint density at radius 2 is 1.68 bits per heavy atom. The molecule has 1 heterocycles. The Morgan fingerprint density at radius 3 is 2.48 bits per heavy atom. The number of ether oxygens (including phenoxy) is 1. The van der Waals surface area contributed by atoms with Crippen LogP contribution in [0.15, 0.2) is 54.6 Å². The molecule has 0 bridgehead atoms. The molecule has 2 aromatic carbocycles. The number of hydrogen-bond donors (Lipinski definition) is 1. The van der Waals surface area contributed by atoms with Gasteiger partial charge in [0.2, 0.25) is 0 Å². The van der Waals surface area contributed by atoms with Crippen LogP contribution in [-0.4, -0.2) is 50.2 Å². The van der Waals surface area contributed by atoms with Crippen molar-refractivity contribution in [1.29, 1.82) is 0 Å². The number of nitrogens with zero attached hydrogens (tertiary/aromatic N) is 1. The fourth-order valence-corrected chi connectivity index (χ4v) is 3.13. The van der Waals surface area contributed by atoms with Gasteiger partial charge in [-0.15, -0.1) is 0 Å². The number of carbonyl (C=O) groups is 1. The third-order valence-electron chi connectivity index (χ3n) is 4.61. The smallest absolute Gasteiger partial charge is 0.251 e. The summed E-state index contributed by atoms with van der Waals surface area (Å²) in [4.78, 5) is 14.9. The summed E-state index contributed by atoms with van der Waals surface area (Å²) in [5.74, 6) is 0.0249. The van der Waals surface area contributed by atoms with Gasteiger partial charge in [0.1, 0.15) is 0 Å². The zero-order valence-electron chi connectivity index (χ0n) is 14.6. The van der Waals surface area contributed by atoms with E-state index in [1.165, 1.54) is 5.56 Å². The van der Waals surface area contributed by atoms with Gasteiger partial charge in [-0.25, -0.2) is 0 Å². The average molecular weight is 338 g/mol. The van der Waals surface area contributed by atoms with Crippen molar-refractivity contribution in [3.8, 4) is 0 Å². The SMILES string of the molecule is O=C(NCCN1CCOCC1)c1ccccc1CCc1ccccc1. The highest BCUT2D eigenvalue weighted by Gasteiger charge is 2.13. The Balaban J connectivity index is 1.53. The first-order chi connectivity index (χ1) is 12.3. The van der Waals surface area contributed by atoms with Crippen molar-refractivity contribution in [2.24, 2.45) is 0 Å². The van der Waals surface area contributed by atoms with Crippen LogP contribution in [0, 0.1) is 0 Å². The first kappa shape index (κ1) is 17.6. The van der Waals surface area contributed by atoms with Crippen molar-refractivity contribution in [2.75, 3.05) is 39.4 Å². The molecule has 1 fully saturated rings. The van der Waals surface area contributed by atoms with E-state index in [2.05, 4.69) is 40.5 Å². The maximum atomic E-state index is 12.6. The number of aryl methyl sites for hydroxylation is 2. The third kappa shape index (κ3) is 5.41. The fourth-order valence-electron chi connectivity index (χ4n) is 3.13. The lowest BCUT2D eigenvalue weighted by Crippen LogP contribution is -2.41. The van der Waals surface area contributed by atoms with E-state index >= 15 is 0 Å². The van der Waals surface area contributed by atoms with Gasteiger partial charge in [0.05, 0.1) is 13.2 Å². The highest BCUT2D eigenvalue weighted by atomic mass is 16.5. The molecule has 0 aromatic heterocycles. The Kier molecular flexibility index (Phi) is 6.60. The summed E-state index contributed by atoms with van der Waals surface area (Å²) in [6.45, 7) is 5.02. The lowest BCUT2D eigenvalue weighted by atomic mass is 9.99. The second kappa shape index (κ2) is 9.35. The summed E-state index contributed by atoms with van der Waals surface area (Å²) in [5, 5.41) is 3.06. The van der Waals surface area contributed by atoms with Crippen molar-refractivity contribution in [2.45, 2.75) is 12.8 Å². The minimum Gasteiger partial charge on any atom is -0.379 e. The molecule has 1 N–H and O–H groups in total. The summed E-state index contributed by atoms with van der Waals surface area (Å²) in [5.41, 5.74) is 3.20. The van der Waals surface area contributed by atoms with Gasteiger partial charge < -0.3 is 10.1 Å². The predicted octanol–water partition coefficient (Wildman–Crippen LogP) is 2.53. The van der Waals surface area contributed by atoms with Crippen LogP contribution >= 0.6 is 0 Å². The van der Waals surface area contributed by atoms with Crippen molar-refractivity contribution < 1.29 is 9.53 Å². The molecule has 3 rings (SSSR count). The highest BCUT2D eigenvalue weighted by molar-refractivity contribution is 5.95. The molecule has 0 unspecified atom stereocenters. The van der Waals surface area contributed by atoms with E-state index < -0.39 is 0 Å². The minimum absolute atomic E-state index is 0.0249. The largest absolute Gasteiger partial charge is 0.379 e. The Morgan fingerprint density at radius 1 is 0.960 bits per heavy atom. The summed E-state index contributed by atoms with van der Waals surface area (Å²) < 4.78 is 5.35. The molecule has 1 aliphatic heterocycles. The summed E-state index contributed by atoms with van der Waals surface area (Å²) in [6.07, 6.45) is 1.82. The van der Waals surface area contributed by atoms with E-state index in [1.54, 1.807) is 0 Å². The molecule has 4 nitrogen and oxygen atoms in total. The zero-order chi connectivity index (χ0) is 17.3. The molecule has 1 aliphatic rings. The molecule has 0 atom stereocenters. The number of amides is 1. The van der Waals surface area contributed by atoms with Crippen LogP contribution in [0.1, 0.15) is 21.5 Å². The minimum atomic E-state index is 0.0249. The number of rotatable bonds is 7. The van der Waals surface area contributed by atoms with Crippen LogP contribution in [0.5, 0.6) is 0 Å². The third-order valence-corrected chi connectivity index (χ3v) is 4.61. The van der Waals surface area contributed by atoms with Gasteiger partial charge in [0.25, 0.3) is 5.91 Å². The number of morpholine rings is 1. The Labute approximate surface area is 149 Å². The zero-order valence-corrected chi connectivity index (χ0v) is 14.6. The molecule has 1 saturated heterocycles. The molecule has 0 aliphatic carbocycles. The van der Waals surface area contributed by atoms with Crippen LogP contribution in [0.4, 0.5) is 0 Å². The standard InChI is InChI=1S/C21H26N2O2/c24-21(22-12-13-23-14-16-25-17-15-23)20-9-5-4-8-19(20)11-10-18-6-2-1-3-7-18/h1-9H,10-17H2,(H,22,24). The quantitative estimate of drug-likeness (QED) is 0.843. The van der Waals surface area contributed by atoms with Gasteiger partial charge in [0.15, 0.2) is 0 Å². The molecule has 4 heteroatoms. The lowest BCUT2D eigenvalue weighted by Gasteiger charge is -2.26. The average Bonchev–Trinajstić information content (AvgIpc) is 2.68. The molecule has 0 radical (unpaired) electrons. The van der Waals surface area contributed by atoms with Gasteiger partial charge in [0, 0.05) is 31.7 Å². The Hall–Kier alpha value is -2.17. The van der Waals surface area contributed by atoms with Crippen LogP contribution in [0.3, 0.4) is 0 Å². The van der Waals surface area contributed by atoms with Crippen molar-refractivity contribution in [1.82, 2.24) is 10.2 Å². The number of nitrogens with one attached hydrogen (secondary N) is 1. The van der Waals surface area contributed by atoms with E-state index in [4.69, 9.17) is 4.74 Å². The topological polar surface area (TPSA) is 41.6 Å². The molecule has 0 spiro atoms. The summed E-state index contributed by atoms with van der Waals surface area (Å²) >= 11 is 0. The molecular weight excluding hydrogens is 312 g/mol. The van der Waals surface area contributed by atoms with Gasteiger partial charge in [-0.05, 0) is 30.0 Å². The number of carbonyl (C=O) groups excluding carboxylic acids is 1. The molecule has 25 heavy (non-hydrogen) atoms. The van der Waals surface area contributed by atoms with Crippen LogP contribution in [-0.2, 0) is 17.6 Å². The van der Waals surface area contributed by atoms with E-state index in [-0.39, 0.29) is 5.91 Å². The maximum absolute atomic E-state index is 12.6. The van der Waals surface area contributed by atoms with Crippen LogP contribution in [0.25, 0.3) is 0 Å². The van der Waals surface area contributed by atoms with Crippen molar-refractivity contribution >= 4 is 5.91 Å². The van der Waals surface area contributed by atoms with Crippen LogP contribution < -0.4 is 5.32 Å². The lowest BCUT2D eigenvalue weighted by molar-refractivity contribution is 0.0383. The fraction of sp³-hybridized carbons (Fsp3) is 0.381. The summed E-state index contributed by atoms with van der Waals surface area (Å²) in [7, 11) is 0. The van der Waals surface area contributed by atoms with Crippen LogP contribution in [0.2, 0.25) is 0 Å². The van der Waals surface area contributed by atoms with E-state index in [1.807, 2.05) is 24.3 Å². The van der Waals surface area contributed by atoms with E-state index in [0.717, 1.165) is 56.8 Å². The van der Waals surface area contributed by atoms with Crippen molar-refractivity contribution in [3.05, 3.63) is 71.3 Å². The molecular formula is C21H26N2O2. The molecule has 1 amide bonds. The van der Waals surface area contributed by atoms with E-state index in [9.17, 15) is 4.79 Å². The first-order valence-electron chi connectivity index (χ1n) is 9.03. The Bertz CT molecular complexity index is 667. The van der Waals surface area contributed by atoms with Gasteiger partial charge in [-0.2, -0.15) is 0 Å². The van der Waals surface area contributed by atoms with Gasteiger partial charge >= 0.3 is 0 Å². The van der Waals surface area contributed by atoms with Gasteiger partial charge in [-0.3, -0.25) is 9.69 Å².